The summed E-state index contributed by atoms with van der Waals surface area (Å²) in [6.07, 6.45) is 4.62. The maximum atomic E-state index is 11.3. The van der Waals surface area contributed by atoms with E-state index in [1.807, 2.05) is 0 Å². The molecule has 4 saturated carbocycles. The molecule has 3 atom stereocenters. The van der Waals surface area contributed by atoms with Crippen LogP contribution in [0.4, 0.5) is 0 Å². The number of alkyl halides is 1. The Morgan fingerprint density at radius 1 is 1.18 bits per heavy atom. The van der Waals surface area contributed by atoms with Crippen molar-refractivity contribution in [3.63, 3.8) is 0 Å². The summed E-state index contributed by atoms with van der Waals surface area (Å²) in [6, 6.07) is 4.36. The maximum absolute atomic E-state index is 11.3. The van der Waals surface area contributed by atoms with Crippen LogP contribution in [0, 0.1) is 17.8 Å². The van der Waals surface area contributed by atoms with Gasteiger partial charge in [0.2, 0.25) is 0 Å². The highest BCUT2D eigenvalue weighted by Gasteiger charge is 2.78. The number of ether oxygens (including phenoxy) is 1. The fourth-order valence-corrected chi connectivity index (χ4v) is 7.49. The molecule has 1 aromatic carbocycles. The topological polar surface area (TPSA) is 94.5 Å². The molecule has 1 aliphatic heterocycles. The van der Waals surface area contributed by atoms with Crippen molar-refractivity contribution in [3.05, 3.63) is 28.8 Å². The number of hydrogen-bond donors (Lipinski definition) is 2. The Morgan fingerprint density at radius 2 is 1.86 bits per heavy atom. The molecular formula is C18H21Cl2O7P. The Hall–Kier alpha value is -0.370. The van der Waals surface area contributed by atoms with E-state index in [1.165, 1.54) is 25.3 Å². The van der Waals surface area contributed by atoms with Crippen LogP contribution < -0.4 is 4.52 Å². The van der Waals surface area contributed by atoms with Gasteiger partial charge in [-0.05, 0) is 68.1 Å². The number of hydrogen-bond acceptors (Lipinski definition) is 5. The quantitative estimate of drug-likeness (QED) is 0.404. The first kappa shape index (κ1) is 19.6. The fourth-order valence-electron chi connectivity index (χ4n) is 6.27. The van der Waals surface area contributed by atoms with Gasteiger partial charge in [-0.15, -0.1) is 11.6 Å². The SMILES string of the molecule is COC1(c2cc(OP(=O)(O)O)ccc2Cl)OOC12[C@H]1CC3C[C@H]2CC(Cl)(C3)C1. The van der Waals surface area contributed by atoms with Crippen molar-refractivity contribution in [2.24, 2.45) is 17.8 Å². The predicted molar refractivity (Wildman–Crippen MR) is 99.9 cm³/mol. The zero-order valence-corrected chi connectivity index (χ0v) is 17.5. The van der Waals surface area contributed by atoms with Gasteiger partial charge in [0.1, 0.15) is 5.75 Å². The summed E-state index contributed by atoms with van der Waals surface area (Å²) >= 11 is 13.4. The molecule has 1 heterocycles. The second-order valence-electron chi connectivity index (χ2n) is 8.50. The lowest BCUT2D eigenvalue weighted by Gasteiger charge is -2.70. The molecule has 6 rings (SSSR count). The highest BCUT2D eigenvalue weighted by molar-refractivity contribution is 7.46. The van der Waals surface area contributed by atoms with E-state index >= 15 is 0 Å². The molecule has 1 saturated heterocycles. The molecular weight excluding hydrogens is 430 g/mol. The van der Waals surface area contributed by atoms with Crippen LogP contribution in [0.3, 0.4) is 0 Å². The largest absolute Gasteiger partial charge is 0.524 e. The lowest BCUT2D eigenvalue weighted by molar-refractivity contribution is -0.645. The van der Waals surface area contributed by atoms with Gasteiger partial charge in [-0.3, -0.25) is 9.79 Å². The first-order valence-electron chi connectivity index (χ1n) is 9.27. The lowest BCUT2D eigenvalue weighted by atomic mass is 9.46. The van der Waals surface area contributed by atoms with Gasteiger partial charge in [0.15, 0.2) is 5.60 Å². The minimum atomic E-state index is -4.72. The number of benzene rings is 1. The molecule has 1 spiro atoms. The number of methoxy groups -OCH3 is 1. The summed E-state index contributed by atoms with van der Waals surface area (Å²) in [6.45, 7) is 0. The van der Waals surface area contributed by atoms with Gasteiger partial charge < -0.3 is 9.26 Å². The molecule has 4 bridgehead atoms. The molecule has 1 unspecified atom stereocenters. The van der Waals surface area contributed by atoms with Gasteiger partial charge in [-0.2, -0.15) is 4.89 Å². The van der Waals surface area contributed by atoms with Crippen molar-refractivity contribution in [3.8, 4) is 5.75 Å². The fraction of sp³-hybridized carbons (Fsp3) is 0.667. The predicted octanol–water partition coefficient (Wildman–Crippen LogP) is 4.13. The highest BCUT2D eigenvalue weighted by Crippen LogP contribution is 2.71. The molecule has 0 aromatic heterocycles. The van der Waals surface area contributed by atoms with E-state index in [0.29, 0.717) is 16.5 Å². The van der Waals surface area contributed by atoms with E-state index in [0.717, 1.165) is 32.1 Å². The smallest absolute Gasteiger partial charge is 0.404 e. The van der Waals surface area contributed by atoms with E-state index in [4.69, 9.17) is 52.0 Å². The van der Waals surface area contributed by atoms with Crippen molar-refractivity contribution >= 4 is 31.0 Å². The second-order valence-corrected chi connectivity index (χ2v) is 10.9. The molecule has 28 heavy (non-hydrogen) atoms. The Labute approximate surface area is 172 Å². The number of halogens is 2. The van der Waals surface area contributed by atoms with Crippen LogP contribution in [0.2, 0.25) is 5.02 Å². The zero-order valence-electron chi connectivity index (χ0n) is 15.1. The van der Waals surface area contributed by atoms with Gasteiger partial charge >= 0.3 is 7.82 Å². The molecule has 5 fully saturated rings. The van der Waals surface area contributed by atoms with Gasteiger partial charge in [0.05, 0.1) is 0 Å². The van der Waals surface area contributed by atoms with Gasteiger partial charge in [-0.1, -0.05) is 11.6 Å². The van der Waals surface area contributed by atoms with Crippen molar-refractivity contribution in [2.45, 2.75) is 48.4 Å². The van der Waals surface area contributed by atoms with E-state index in [1.54, 1.807) is 0 Å². The first-order chi connectivity index (χ1) is 13.1. The second kappa shape index (κ2) is 6.08. The molecule has 4 aliphatic carbocycles. The maximum Gasteiger partial charge on any atom is 0.524 e. The Bertz CT molecular complexity index is 853. The van der Waals surface area contributed by atoms with E-state index in [-0.39, 0.29) is 22.5 Å². The van der Waals surface area contributed by atoms with Crippen LogP contribution in [-0.4, -0.2) is 27.4 Å². The molecule has 0 amide bonds. The van der Waals surface area contributed by atoms with Crippen LogP contribution in [-0.2, 0) is 24.9 Å². The summed E-state index contributed by atoms with van der Waals surface area (Å²) in [5, 5.41) is 0.344. The zero-order chi connectivity index (χ0) is 19.9. The molecule has 5 aliphatic rings. The normalized spacial score (nSPS) is 44.0. The Balaban J connectivity index is 1.59. The summed E-state index contributed by atoms with van der Waals surface area (Å²) in [4.78, 5) is 29.6. The molecule has 1 aromatic rings. The monoisotopic (exact) mass is 450 g/mol. The number of phosphoric ester groups is 1. The summed E-state index contributed by atoms with van der Waals surface area (Å²) in [5.74, 6) is -0.444. The first-order valence-corrected chi connectivity index (χ1v) is 11.6. The van der Waals surface area contributed by atoms with Crippen LogP contribution in [0.25, 0.3) is 0 Å². The van der Waals surface area contributed by atoms with Crippen LogP contribution in [0.1, 0.15) is 37.7 Å². The van der Waals surface area contributed by atoms with Crippen molar-refractivity contribution in [1.29, 1.82) is 0 Å². The minimum absolute atomic E-state index is 0.0209. The molecule has 0 radical (unpaired) electrons. The third-order valence-electron chi connectivity index (χ3n) is 6.94. The third-order valence-corrected chi connectivity index (χ3v) is 8.18. The molecule has 10 heteroatoms. The highest BCUT2D eigenvalue weighted by atomic mass is 35.5. The Morgan fingerprint density at radius 3 is 2.36 bits per heavy atom. The van der Waals surface area contributed by atoms with E-state index < -0.39 is 19.2 Å². The molecule has 154 valence electrons. The summed E-state index contributed by atoms with van der Waals surface area (Å²) < 4.78 is 21.9. The van der Waals surface area contributed by atoms with E-state index in [2.05, 4.69) is 0 Å². The van der Waals surface area contributed by atoms with E-state index in [9.17, 15) is 4.57 Å². The average molecular weight is 451 g/mol. The third kappa shape index (κ3) is 2.58. The Kier molecular flexibility index (Phi) is 4.25. The van der Waals surface area contributed by atoms with Crippen LogP contribution in [0.15, 0.2) is 18.2 Å². The lowest BCUT2D eigenvalue weighted by Crippen LogP contribution is -2.78. The molecule has 2 N–H and O–H groups in total. The number of rotatable bonds is 4. The van der Waals surface area contributed by atoms with Crippen molar-refractivity contribution in [1.82, 2.24) is 0 Å². The number of phosphoric acid groups is 1. The molecule has 7 nitrogen and oxygen atoms in total. The van der Waals surface area contributed by atoms with Crippen molar-refractivity contribution < 1.29 is 33.4 Å². The van der Waals surface area contributed by atoms with Crippen LogP contribution >= 0.6 is 31.0 Å². The standard InChI is InChI=1S/C18H21Cl2O7P/c1-24-18(14-6-13(2-3-15(14)19)25-28(21,22)23)17(26-27-18)11-4-10-5-12(17)9-16(20,7-10)8-11/h2-3,6,10-12H,4-5,7-9H2,1H3,(H2,21,22,23)/t10?,11-,12-,16?,17?,18?/m0/s1. The average Bonchev–Trinajstić information content (AvgIpc) is 2.54. The minimum Gasteiger partial charge on any atom is -0.404 e. The summed E-state index contributed by atoms with van der Waals surface area (Å²) in [7, 11) is -3.19. The van der Waals surface area contributed by atoms with Crippen LogP contribution in [0.5, 0.6) is 5.75 Å². The van der Waals surface area contributed by atoms with Gasteiger partial charge in [0.25, 0.3) is 5.79 Å². The summed E-state index contributed by atoms with van der Waals surface area (Å²) in [5.41, 5.74) is -0.300. The van der Waals surface area contributed by atoms with Crippen molar-refractivity contribution in [2.75, 3.05) is 7.11 Å². The van der Waals surface area contributed by atoms with Gasteiger partial charge in [0, 0.05) is 22.6 Å². The van der Waals surface area contributed by atoms with Gasteiger partial charge in [-0.25, -0.2) is 9.45 Å².